The molecule has 0 radical (unpaired) electrons. The lowest BCUT2D eigenvalue weighted by Crippen LogP contribution is -2.23. The van der Waals surface area contributed by atoms with Crippen molar-refractivity contribution in [2.24, 2.45) is 0 Å². The van der Waals surface area contributed by atoms with Gasteiger partial charge < -0.3 is 5.73 Å². The first-order valence-corrected chi connectivity index (χ1v) is 12.9. The number of aryl methyl sites for hydroxylation is 1. The van der Waals surface area contributed by atoms with Crippen LogP contribution in [0.1, 0.15) is 11.3 Å². The molecule has 0 atom stereocenters. The number of nitrogens with zero attached hydrogens (tertiary/aromatic N) is 2. The summed E-state index contributed by atoms with van der Waals surface area (Å²) in [4.78, 5) is 8.97. The van der Waals surface area contributed by atoms with Crippen LogP contribution in [-0.2, 0) is 9.84 Å². The van der Waals surface area contributed by atoms with Crippen LogP contribution in [0.4, 0.5) is 5.95 Å². The van der Waals surface area contributed by atoms with Crippen LogP contribution in [0.25, 0.3) is 16.5 Å². The predicted molar refractivity (Wildman–Crippen MR) is 102 cm³/mol. The summed E-state index contributed by atoms with van der Waals surface area (Å²) in [6, 6.07) is 6.66. The maximum atomic E-state index is 11.6. The monoisotopic (exact) mass is 361 g/mol. The Labute approximate surface area is 144 Å². The Balaban J connectivity index is 2.68. The number of rotatable bonds is 4. The van der Waals surface area contributed by atoms with Gasteiger partial charge in [0.25, 0.3) is 0 Å². The van der Waals surface area contributed by atoms with Crippen molar-refractivity contribution < 1.29 is 8.42 Å². The molecule has 24 heavy (non-hydrogen) atoms. The van der Waals surface area contributed by atoms with Crippen LogP contribution in [0.15, 0.2) is 35.7 Å². The van der Waals surface area contributed by atoms with Crippen molar-refractivity contribution in [3.05, 3.63) is 42.1 Å². The highest BCUT2D eigenvalue weighted by Crippen LogP contribution is 2.34. The molecule has 0 amide bonds. The highest BCUT2D eigenvalue weighted by atomic mass is 32.2. The highest BCUT2D eigenvalue weighted by Gasteiger charge is 2.25. The molecule has 0 saturated carbocycles. The second kappa shape index (κ2) is 6.14. The summed E-state index contributed by atoms with van der Waals surface area (Å²) in [5, 5.41) is 1.04. The van der Waals surface area contributed by atoms with Gasteiger partial charge in [0.2, 0.25) is 5.95 Å². The zero-order chi connectivity index (χ0) is 18.3. The van der Waals surface area contributed by atoms with Gasteiger partial charge in [-0.15, -0.1) is 0 Å². The predicted octanol–water partition coefficient (Wildman–Crippen LogP) is 3.33. The Hall–Kier alpha value is -1.99. The molecule has 0 unspecified atom stereocenters. The molecule has 1 heterocycles. The lowest BCUT2D eigenvalue weighted by Gasteiger charge is -2.23. The fourth-order valence-corrected chi connectivity index (χ4v) is 4.08. The van der Waals surface area contributed by atoms with E-state index in [-0.39, 0.29) is 10.8 Å². The first-order valence-electron chi connectivity index (χ1n) is 7.55. The number of nitrogens with two attached hydrogens (primary N) is 1. The van der Waals surface area contributed by atoms with Gasteiger partial charge in [-0.2, -0.15) is 0 Å². The normalized spacial score (nSPS) is 12.2. The van der Waals surface area contributed by atoms with Crippen molar-refractivity contribution in [3.63, 3.8) is 0 Å². The average molecular weight is 362 g/mol. The number of anilines is 1. The van der Waals surface area contributed by atoms with E-state index in [0.29, 0.717) is 5.69 Å². The van der Waals surface area contributed by atoms with Crippen molar-refractivity contribution in [2.45, 2.75) is 31.5 Å². The van der Waals surface area contributed by atoms with Crippen LogP contribution in [-0.4, -0.2) is 32.7 Å². The molecule has 0 saturated heterocycles. The molecule has 1 aromatic carbocycles. The second-order valence-electron chi connectivity index (χ2n) is 6.92. The Morgan fingerprint density at radius 3 is 2.12 bits per heavy atom. The van der Waals surface area contributed by atoms with Crippen LogP contribution < -0.4 is 5.73 Å². The van der Waals surface area contributed by atoms with Crippen LogP contribution in [0.2, 0.25) is 19.6 Å². The van der Waals surface area contributed by atoms with Crippen LogP contribution in [0, 0.1) is 6.92 Å². The first-order chi connectivity index (χ1) is 10.9. The van der Waals surface area contributed by atoms with Gasteiger partial charge in [-0.1, -0.05) is 43.5 Å². The summed E-state index contributed by atoms with van der Waals surface area (Å²) in [5.41, 5.74) is 9.04. The Morgan fingerprint density at radius 1 is 1.12 bits per heavy atom. The van der Waals surface area contributed by atoms with E-state index in [9.17, 15) is 8.42 Å². The lowest BCUT2D eigenvalue weighted by molar-refractivity contribution is 0.602. The molecule has 0 fully saturated rings. The Kier molecular flexibility index (Phi) is 4.69. The van der Waals surface area contributed by atoms with Crippen molar-refractivity contribution in [1.82, 2.24) is 9.97 Å². The van der Waals surface area contributed by atoms with E-state index in [0.717, 1.165) is 22.0 Å². The molecule has 5 nitrogen and oxygen atoms in total. The van der Waals surface area contributed by atoms with Crippen LogP contribution >= 0.6 is 0 Å². The maximum absolute atomic E-state index is 11.6. The molecule has 2 rings (SSSR count). The minimum absolute atomic E-state index is 0.196. The zero-order valence-electron chi connectivity index (χ0n) is 14.7. The fourth-order valence-electron chi connectivity index (χ4n) is 2.40. The minimum atomic E-state index is -3.24. The lowest BCUT2D eigenvalue weighted by atomic mass is 10.0. The number of hydrogen-bond donors (Lipinski definition) is 1. The van der Waals surface area contributed by atoms with Crippen molar-refractivity contribution in [3.8, 4) is 11.3 Å². The van der Waals surface area contributed by atoms with Crippen molar-refractivity contribution in [1.29, 1.82) is 0 Å². The van der Waals surface area contributed by atoms with Gasteiger partial charge in [0, 0.05) is 17.4 Å². The summed E-state index contributed by atoms with van der Waals surface area (Å²) in [6.45, 7) is 12.8. The molecule has 0 spiro atoms. The molecule has 128 valence electrons. The molecule has 2 N–H and O–H groups in total. The second-order valence-corrected chi connectivity index (χ2v) is 14.0. The largest absolute Gasteiger partial charge is 0.368 e. The molecule has 0 aliphatic heterocycles. The molecule has 0 bridgehead atoms. The highest BCUT2D eigenvalue weighted by molar-refractivity contribution is 7.90. The molecule has 0 aliphatic rings. The molecular formula is C17H23N3O2SSi. The Morgan fingerprint density at radius 2 is 1.67 bits per heavy atom. The van der Waals surface area contributed by atoms with E-state index in [1.165, 1.54) is 6.26 Å². The smallest absolute Gasteiger partial charge is 0.220 e. The molecule has 0 aliphatic carbocycles. The van der Waals surface area contributed by atoms with Gasteiger partial charge in [0.15, 0.2) is 9.84 Å². The van der Waals surface area contributed by atoms with Gasteiger partial charge in [-0.05, 0) is 19.1 Å². The van der Waals surface area contributed by atoms with E-state index in [1.807, 2.05) is 6.92 Å². The minimum Gasteiger partial charge on any atom is -0.368 e. The topological polar surface area (TPSA) is 85.9 Å². The fraction of sp³-hybridized carbons (Fsp3) is 0.294. The average Bonchev–Trinajstić information content (AvgIpc) is 2.44. The van der Waals surface area contributed by atoms with Gasteiger partial charge in [-0.25, -0.2) is 18.4 Å². The molecular weight excluding hydrogens is 338 g/mol. The van der Waals surface area contributed by atoms with E-state index in [1.54, 1.807) is 24.3 Å². The third-order valence-corrected chi connectivity index (χ3v) is 7.06. The van der Waals surface area contributed by atoms with Gasteiger partial charge in [0.05, 0.1) is 24.4 Å². The number of hydrogen-bond acceptors (Lipinski definition) is 5. The summed E-state index contributed by atoms with van der Waals surface area (Å²) in [6.07, 6.45) is 1.19. The summed E-state index contributed by atoms with van der Waals surface area (Å²) >= 11 is 0. The Bertz CT molecular complexity index is 899. The third-order valence-electron chi connectivity index (χ3n) is 3.87. The van der Waals surface area contributed by atoms with Crippen molar-refractivity contribution >= 4 is 29.1 Å². The summed E-state index contributed by atoms with van der Waals surface area (Å²) in [7, 11) is -4.90. The number of aromatic nitrogens is 2. The van der Waals surface area contributed by atoms with Crippen molar-refractivity contribution in [2.75, 3.05) is 12.0 Å². The molecule has 1 aromatic heterocycles. The van der Waals surface area contributed by atoms with Gasteiger partial charge >= 0.3 is 0 Å². The number of nitrogen functional groups attached to an aromatic ring is 1. The maximum Gasteiger partial charge on any atom is 0.220 e. The van der Waals surface area contributed by atoms with Gasteiger partial charge in [0.1, 0.15) is 0 Å². The van der Waals surface area contributed by atoms with E-state index in [4.69, 9.17) is 5.73 Å². The molecule has 7 heteroatoms. The summed E-state index contributed by atoms with van der Waals surface area (Å²) < 4.78 is 23.3. The quantitative estimate of drug-likeness (QED) is 0.844. The van der Waals surface area contributed by atoms with Crippen LogP contribution in [0.5, 0.6) is 0 Å². The third kappa shape index (κ3) is 3.73. The van der Waals surface area contributed by atoms with E-state index in [2.05, 4.69) is 36.2 Å². The SMILES string of the molecule is C=C(c1c(C)nc(N)nc1-c1ccc(S(C)(=O)=O)cc1)[Si](C)(C)C. The van der Waals surface area contributed by atoms with Gasteiger partial charge in [-0.3, -0.25) is 0 Å². The zero-order valence-corrected chi connectivity index (χ0v) is 16.5. The first kappa shape index (κ1) is 18.3. The number of sulfone groups is 1. The summed E-state index contributed by atoms with van der Waals surface area (Å²) in [5.74, 6) is 0.196. The van der Waals surface area contributed by atoms with Crippen LogP contribution in [0.3, 0.4) is 0 Å². The standard InChI is InChI=1S/C17H23N3O2SSi/c1-11-15(12(2)24(4,5)6)16(20-17(18)19-11)13-7-9-14(10-8-13)23(3,21)22/h7-10H,2H2,1,3-6H3,(H2,18,19,20). The number of benzene rings is 1. The van der Waals surface area contributed by atoms with E-state index >= 15 is 0 Å². The van der Waals surface area contributed by atoms with E-state index < -0.39 is 17.9 Å². The molecule has 2 aromatic rings.